The number of halogens is 1. The first-order valence-electron chi connectivity index (χ1n) is 5.37. The van der Waals surface area contributed by atoms with Crippen LogP contribution in [0.25, 0.3) is 21.9 Å². The molecule has 0 fully saturated rings. The van der Waals surface area contributed by atoms with Gasteiger partial charge in [0.2, 0.25) is 9.05 Å². The fourth-order valence-corrected chi connectivity index (χ4v) is 3.17. The summed E-state index contributed by atoms with van der Waals surface area (Å²) in [6, 6.07) is 3.36. The van der Waals surface area contributed by atoms with Crippen LogP contribution in [0.15, 0.2) is 33.5 Å². The number of hydrogen-bond acceptors (Lipinski definition) is 5. The first-order chi connectivity index (χ1) is 9.01. The molecule has 2 aromatic heterocycles. The van der Waals surface area contributed by atoms with Gasteiger partial charge >= 0.3 is 0 Å². The topological polar surface area (TPSA) is 69.7 Å². The maximum Gasteiger partial charge on any atom is 0.236 e. The van der Waals surface area contributed by atoms with Crippen LogP contribution in [0.5, 0.6) is 5.75 Å². The number of hydrogen-bond donors (Lipinski definition) is 0. The second-order valence-electron chi connectivity index (χ2n) is 4.02. The smallest absolute Gasteiger partial charge is 0.236 e. The van der Waals surface area contributed by atoms with Crippen molar-refractivity contribution in [2.24, 2.45) is 0 Å². The Morgan fingerprint density at radius 3 is 2.42 bits per heavy atom. The highest BCUT2D eigenvalue weighted by atomic mass is 35.7. The lowest BCUT2D eigenvalue weighted by Crippen LogP contribution is -1.97. The molecule has 0 amide bonds. The van der Waals surface area contributed by atoms with E-state index < -0.39 is 9.05 Å². The Kier molecular flexibility index (Phi) is 2.72. The van der Waals surface area contributed by atoms with E-state index in [4.69, 9.17) is 24.3 Å². The number of ether oxygens (including phenoxy) is 1. The highest BCUT2D eigenvalue weighted by Crippen LogP contribution is 2.40. The summed E-state index contributed by atoms with van der Waals surface area (Å²) in [6.07, 6.45) is 2.94. The zero-order valence-corrected chi connectivity index (χ0v) is 11.4. The summed E-state index contributed by atoms with van der Waals surface area (Å²) in [7, 11) is 3.15. The van der Waals surface area contributed by atoms with Gasteiger partial charge in [-0.2, -0.15) is 0 Å². The summed E-state index contributed by atoms with van der Waals surface area (Å²) < 4.78 is 38.7. The molecule has 3 rings (SSSR count). The van der Waals surface area contributed by atoms with Gasteiger partial charge in [-0.25, -0.2) is 8.42 Å². The van der Waals surface area contributed by atoms with Crippen molar-refractivity contribution in [3.05, 3.63) is 30.2 Å². The minimum Gasteiger partial charge on any atom is -0.492 e. The predicted octanol–water partition coefficient (Wildman–Crippen LogP) is 3.26. The molecule has 0 spiro atoms. The van der Waals surface area contributed by atoms with Crippen LogP contribution >= 0.6 is 10.7 Å². The number of fused-ring (bicyclic) bond motifs is 2. The van der Waals surface area contributed by atoms with E-state index in [0.29, 0.717) is 33.3 Å². The third kappa shape index (κ3) is 1.97. The molecule has 0 aliphatic carbocycles. The van der Waals surface area contributed by atoms with Gasteiger partial charge in [-0.15, -0.1) is 0 Å². The van der Waals surface area contributed by atoms with Gasteiger partial charge in [-0.3, -0.25) is 0 Å². The molecule has 0 unspecified atom stereocenters. The van der Waals surface area contributed by atoms with E-state index in [0.717, 1.165) is 0 Å². The summed E-state index contributed by atoms with van der Waals surface area (Å²) >= 11 is 0. The summed E-state index contributed by atoms with van der Waals surface area (Å²) in [5, 5.41) is 1.27. The van der Waals surface area contributed by atoms with Crippen LogP contribution in [0.3, 0.4) is 0 Å². The van der Waals surface area contributed by atoms with Crippen molar-refractivity contribution in [2.45, 2.75) is 5.75 Å². The van der Waals surface area contributed by atoms with Gasteiger partial charge in [0.1, 0.15) is 5.58 Å². The summed E-state index contributed by atoms with van der Waals surface area (Å²) in [5.41, 5.74) is 1.39. The summed E-state index contributed by atoms with van der Waals surface area (Å²) in [6.45, 7) is 0. The molecule has 0 N–H and O–H groups in total. The number of furan rings is 2. The Hall–Kier alpha value is -1.66. The van der Waals surface area contributed by atoms with Crippen molar-refractivity contribution in [3.8, 4) is 5.75 Å². The van der Waals surface area contributed by atoms with Crippen molar-refractivity contribution in [3.63, 3.8) is 0 Å². The number of methoxy groups -OCH3 is 1. The molecule has 0 bridgehead atoms. The van der Waals surface area contributed by atoms with Gasteiger partial charge in [-0.05, 0) is 12.1 Å². The van der Waals surface area contributed by atoms with E-state index in [1.54, 1.807) is 12.1 Å². The molecule has 100 valence electrons. The van der Waals surface area contributed by atoms with Crippen LogP contribution < -0.4 is 4.74 Å². The minimum absolute atomic E-state index is 0.335. The third-order valence-corrected chi connectivity index (χ3v) is 3.86. The molecular weight excluding hydrogens is 292 g/mol. The van der Waals surface area contributed by atoms with Crippen molar-refractivity contribution in [2.75, 3.05) is 7.11 Å². The maximum atomic E-state index is 11.3. The van der Waals surface area contributed by atoms with Crippen LogP contribution in [0.2, 0.25) is 0 Å². The van der Waals surface area contributed by atoms with E-state index in [1.165, 1.54) is 19.6 Å². The van der Waals surface area contributed by atoms with Crippen molar-refractivity contribution < 1.29 is 22.0 Å². The fraction of sp³-hybridized carbons (Fsp3) is 0.167. The van der Waals surface area contributed by atoms with E-state index in [1.807, 2.05) is 0 Å². The average molecular weight is 301 g/mol. The molecule has 0 aliphatic heterocycles. The molecule has 0 aliphatic rings. The fourth-order valence-electron chi connectivity index (χ4n) is 2.21. The zero-order valence-electron chi connectivity index (χ0n) is 9.84. The third-order valence-electron chi connectivity index (χ3n) is 2.90. The van der Waals surface area contributed by atoms with Gasteiger partial charge in [0.05, 0.1) is 30.8 Å². The molecule has 0 radical (unpaired) electrons. The second-order valence-corrected chi connectivity index (χ2v) is 6.80. The SMILES string of the molecule is COc1c2ccoc2c(CS(=O)(=O)Cl)c2ccoc12. The van der Waals surface area contributed by atoms with Crippen LogP contribution in [0, 0.1) is 0 Å². The lowest BCUT2D eigenvalue weighted by molar-refractivity contribution is 0.415. The van der Waals surface area contributed by atoms with Gasteiger partial charge in [-0.1, -0.05) is 0 Å². The molecule has 0 saturated heterocycles. The second kappa shape index (κ2) is 4.18. The monoisotopic (exact) mass is 300 g/mol. The lowest BCUT2D eigenvalue weighted by Gasteiger charge is -2.07. The standard InChI is InChI=1S/C12H9ClO5S/c1-16-11-8-3-5-17-10(8)9(6-19(13,14)15)7-2-4-18-12(7)11/h2-5H,6H2,1H3. The van der Waals surface area contributed by atoms with Crippen molar-refractivity contribution >= 4 is 41.7 Å². The van der Waals surface area contributed by atoms with Gasteiger partial charge in [0, 0.05) is 21.6 Å². The molecule has 7 heteroatoms. The Balaban J connectivity index is 2.46. The van der Waals surface area contributed by atoms with Crippen LogP contribution in [-0.4, -0.2) is 15.5 Å². The Morgan fingerprint density at radius 2 is 1.79 bits per heavy atom. The molecule has 0 saturated carbocycles. The van der Waals surface area contributed by atoms with Crippen LogP contribution in [0.4, 0.5) is 0 Å². The first-order valence-corrected chi connectivity index (χ1v) is 7.84. The highest BCUT2D eigenvalue weighted by molar-refractivity contribution is 8.13. The van der Waals surface area contributed by atoms with E-state index in [-0.39, 0.29) is 5.75 Å². The maximum absolute atomic E-state index is 11.3. The summed E-state index contributed by atoms with van der Waals surface area (Å²) in [4.78, 5) is 0. The largest absolute Gasteiger partial charge is 0.492 e. The van der Waals surface area contributed by atoms with Gasteiger partial charge in [0.25, 0.3) is 0 Å². The van der Waals surface area contributed by atoms with Gasteiger partial charge in [0.15, 0.2) is 11.3 Å². The quantitative estimate of drug-likeness (QED) is 0.694. The molecular formula is C12H9ClO5S. The molecule has 0 atom stereocenters. The van der Waals surface area contributed by atoms with Crippen molar-refractivity contribution in [1.82, 2.24) is 0 Å². The highest BCUT2D eigenvalue weighted by Gasteiger charge is 2.22. The van der Waals surface area contributed by atoms with Gasteiger partial charge < -0.3 is 13.6 Å². The Bertz CT molecular complexity index is 807. The van der Waals surface area contributed by atoms with E-state index in [9.17, 15) is 8.42 Å². The normalized spacial score (nSPS) is 12.3. The molecule has 2 heterocycles. The lowest BCUT2D eigenvalue weighted by atomic mass is 10.1. The van der Waals surface area contributed by atoms with Crippen LogP contribution in [0.1, 0.15) is 5.56 Å². The molecule has 5 nitrogen and oxygen atoms in total. The zero-order chi connectivity index (χ0) is 13.6. The first kappa shape index (κ1) is 12.4. The summed E-state index contributed by atoms with van der Waals surface area (Å²) in [5.74, 6) is 0.179. The Labute approximate surface area is 113 Å². The van der Waals surface area contributed by atoms with Crippen LogP contribution in [-0.2, 0) is 14.8 Å². The number of benzene rings is 1. The minimum atomic E-state index is -3.71. The van der Waals surface area contributed by atoms with Crippen molar-refractivity contribution in [1.29, 1.82) is 0 Å². The Morgan fingerprint density at radius 1 is 1.16 bits per heavy atom. The molecule has 19 heavy (non-hydrogen) atoms. The predicted molar refractivity (Wildman–Crippen MR) is 71.0 cm³/mol. The molecule has 3 aromatic rings. The number of rotatable bonds is 3. The van der Waals surface area contributed by atoms with E-state index in [2.05, 4.69) is 0 Å². The van der Waals surface area contributed by atoms with E-state index >= 15 is 0 Å². The molecule has 1 aromatic carbocycles. The average Bonchev–Trinajstić information content (AvgIpc) is 2.94.